The highest BCUT2D eigenvalue weighted by atomic mass is 16.6. The molecule has 316 valence electrons. The number of ether oxygens (including phenoxy) is 2. The number of carbonyl (C=O) groups is 3. The minimum absolute atomic E-state index is 0.00983. The summed E-state index contributed by atoms with van der Waals surface area (Å²) in [6, 6.07) is 12.9. The SMILES string of the molecule is COC(=O)NC(C(=O)N1CCCC1c1ncc(-c2ccc3cc(-c4ccc5nc(C6CCCN6C(=O)C(NC(O)OC)C6CCCC6)[nH]c5c4)ncc3c2)[nH]1)C1CCCC1. The van der Waals surface area contributed by atoms with Gasteiger partial charge in [0, 0.05) is 42.9 Å². The second-order valence-electron chi connectivity index (χ2n) is 17.0. The Hall–Kier alpha value is -5.38. The van der Waals surface area contributed by atoms with Crippen molar-refractivity contribution in [2.45, 2.75) is 108 Å². The topological polar surface area (TPSA) is 191 Å². The fraction of sp³-hybridized carbons (Fsp3) is 0.511. The molecule has 4 aliphatic rings. The first kappa shape index (κ1) is 40.0. The van der Waals surface area contributed by atoms with Crippen LogP contribution in [0, 0.1) is 11.8 Å². The molecule has 15 heteroatoms. The molecule has 5 aromatic rings. The van der Waals surface area contributed by atoms with Crippen molar-refractivity contribution in [3.05, 3.63) is 66.5 Å². The summed E-state index contributed by atoms with van der Waals surface area (Å²) in [5, 5.41) is 18.2. The molecule has 0 bridgehead atoms. The maximum Gasteiger partial charge on any atom is 0.407 e. The third kappa shape index (κ3) is 7.97. The molecule has 5 atom stereocenters. The number of likely N-dealkylation sites (tertiary alicyclic amines) is 2. The van der Waals surface area contributed by atoms with Crippen molar-refractivity contribution in [2.24, 2.45) is 11.8 Å². The summed E-state index contributed by atoms with van der Waals surface area (Å²) < 4.78 is 9.96. The Morgan fingerprint density at radius 1 is 0.733 bits per heavy atom. The molecule has 3 aromatic heterocycles. The number of carbonyl (C=O) groups excluding carboxylic acids is 3. The molecule has 15 nitrogen and oxygen atoms in total. The molecule has 2 saturated heterocycles. The molecule has 4 fully saturated rings. The van der Waals surface area contributed by atoms with E-state index in [1.807, 2.05) is 34.3 Å². The lowest BCUT2D eigenvalue weighted by Crippen LogP contribution is -2.53. The van der Waals surface area contributed by atoms with Crippen LogP contribution in [0.4, 0.5) is 4.79 Å². The zero-order valence-electron chi connectivity index (χ0n) is 34.4. The summed E-state index contributed by atoms with van der Waals surface area (Å²) in [4.78, 5) is 65.6. The number of methoxy groups -OCH3 is 2. The number of nitrogens with zero attached hydrogens (tertiary/aromatic N) is 5. The van der Waals surface area contributed by atoms with Gasteiger partial charge >= 0.3 is 6.09 Å². The molecule has 2 saturated carbocycles. The van der Waals surface area contributed by atoms with Gasteiger partial charge in [0.2, 0.25) is 18.2 Å². The van der Waals surface area contributed by atoms with Crippen molar-refractivity contribution < 1.29 is 29.0 Å². The van der Waals surface area contributed by atoms with Crippen LogP contribution in [0.3, 0.4) is 0 Å². The number of aliphatic hydroxyl groups excluding tert-OH is 1. The number of fused-ring (bicyclic) bond motifs is 2. The Balaban J connectivity index is 0.902. The summed E-state index contributed by atoms with van der Waals surface area (Å²) >= 11 is 0. The van der Waals surface area contributed by atoms with Crippen LogP contribution in [0.5, 0.6) is 0 Å². The van der Waals surface area contributed by atoms with E-state index >= 15 is 0 Å². The van der Waals surface area contributed by atoms with E-state index in [1.54, 1.807) is 0 Å². The number of imidazole rings is 2. The highest BCUT2D eigenvalue weighted by molar-refractivity contribution is 5.90. The second-order valence-corrected chi connectivity index (χ2v) is 17.0. The van der Waals surface area contributed by atoms with Crippen LogP contribution in [0.2, 0.25) is 0 Å². The Kier molecular flexibility index (Phi) is 11.6. The number of pyridine rings is 1. The summed E-state index contributed by atoms with van der Waals surface area (Å²) in [6.45, 7) is 1.26. The first-order valence-corrected chi connectivity index (χ1v) is 21.7. The molecule has 5 unspecified atom stereocenters. The number of alkyl carbamates (subject to hydrolysis) is 1. The van der Waals surface area contributed by atoms with E-state index < -0.39 is 24.6 Å². The summed E-state index contributed by atoms with van der Waals surface area (Å²) in [5.74, 6) is 1.69. The lowest BCUT2D eigenvalue weighted by Gasteiger charge is -2.32. The zero-order valence-corrected chi connectivity index (χ0v) is 34.4. The molecule has 2 aromatic carbocycles. The van der Waals surface area contributed by atoms with Crippen molar-refractivity contribution in [3.63, 3.8) is 0 Å². The van der Waals surface area contributed by atoms with Gasteiger partial charge in [0.05, 0.1) is 53.9 Å². The molecule has 2 aliphatic carbocycles. The molecule has 9 rings (SSSR count). The highest BCUT2D eigenvalue weighted by Crippen LogP contribution is 2.38. The number of H-pyrrole nitrogens is 2. The van der Waals surface area contributed by atoms with E-state index in [9.17, 15) is 19.5 Å². The number of hydrogen-bond donors (Lipinski definition) is 5. The van der Waals surface area contributed by atoms with Gasteiger partial charge in [0.25, 0.3) is 0 Å². The fourth-order valence-electron chi connectivity index (χ4n) is 10.2. The third-order valence-electron chi connectivity index (χ3n) is 13.4. The van der Waals surface area contributed by atoms with E-state index in [1.165, 1.54) is 14.2 Å². The second kappa shape index (κ2) is 17.3. The number of aromatic nitrogens is 5. The Morgan fingerprint density at radius 3 is 2.10 bits per heavy atom. The Labute approximate surface area is 349 Å². The van der Waals surface area contributed by atoms with Crippen LogP contribution in [-0.4, -0.2) is 104 Å². The largest absolute Gasteiger partial charge is 0.453 e. The molecule has 0 spiro atoms. The molecule has 5 heterocycles. The summed E-state index contributed by atoms with van der Waals surface area (Å²) in [6.07, 6.45) is 13.3. The minimum Gasteiger partial charge on any atom is -0.453 e. The Morgan fingerprint density at radius 2 is 1.40 bits per heavy atom. The summed E-state index contributed by atoms with van der Waals surface area (Å²) in [7, 11) is 2.75. The number of hydrogen-bond acceptors (Lipinski definition) is 10. The van der Waals surface area contributed by atoms with Gasteiger partial charge in [-0.1, -0.05) is 43.9 Å². The zero-order chi connectivity index (χ0) is 41.3. The smallest absolute Gasteiger partial charge is 0.407 e. The van der Waals surface area contributed by atoms with Crippen LogP contribution in [0.15, 0.2) is 54.9 Å². The maximum atomic E-state index is 14.0. The van der Waals surface area contributed by atoms with Gasteiger partial charge in [-0.3, -0.25) is 19.9 Å². The normalized spacial score (nSPS) is 21.6. The molecule has 3 amide bonds. The van der Waals surface area contributed by atoms with Crippen molar-refractivity contribution in [2.75, 3.05) is 27.3 Å². The molecule has 2 aliphatic heterocycles. The van der Waals surface area contributed by atoms with Gasteiger partial charge in [-0.2, -0.15) is 0 Å². The van der Waals surface area contributed by atoms with Crippen LogP contribution < -0.4 is 10.6 Å². The molecule has 0 radical (unpaired) electrons. The van der Waals surface area contributed by atoms with Crippen LogP contribution in [0.25, 0.3) is 44.3 Å². The average Bonchev–Trinajstić information content (AvgIpc) is 4.12. The third-order valence-corrected chi connectivity index (χ3v) is 13.4. The van der Waals surface area contributed by atoms with Gasteiger partial charge in [0.15, 0.2) is 0 Å². The molecule has 60 heavy (non-hydrogen) atoms. The predicted octanol–water partition coefficient (Wildman–Crippen LogP) is 6.48. The van der Waals surface area contributed by atoms with Crippen LogP contribution in [0.1, 0.15) is 101 Å². The first-order chi connectivity index (χ1) is 29.3. The van der Waals surface area contributed by atoms with Crippen molar-refractivity contribution in [1.29, 1.82) is 0 Å². The average molecular weight is 818 g/mol. The first-order valence-electron chi connectivity index (χ1n) is 21.7. The summed E-state index contributed by atoms with van der Waals surface area (Å²) in [5.41, 5.74) is 5.32. The number of nitrogens with one attached hydrogen (secondary N) is 4. The van der Waals surface area contributed by atoms with Crippen molar-refractivity contribution >= 4 is 39.7 Å². The number of benzene rings is 2. The van der Waals surface area contributed by atoms with Gasteiger partial charge in [-0.15, -0.1) is 0 Å². The van der Waals surface area contributed by atoms with Gasteiger partial charge in [-0.05, 0) is 92.9 Å². The van der Waals surface area contributed by atoms with Crippen LogP contribution in [-0.2, 0) is 19.1 Å². The van der Waals surface area contributed by atoms with E-state index in [0.29, 0.717) is 13.1 Å². The monoisotopic (exact) mass is 817 g/mol. The van der Waals surface area contributed by atoms with E-state index in [-0.39, 0.29) is 35.7 Å². The molecule has 5 N–H and O–H groups in total. The number of amides is 3. The van der Waals surface area contributed by atoms with E-state index in [0.717, 1.165) is 133 Å². The van der Waals surface area contributed by atoms with Crippen molar-refractivity contribution in [1.82, 2.24) is 45.4 Å². The lowest BCUT2D eigenvalue weighted by atomic mass is 9.96. The number of aromatic amines is 2. The number of aliphatic hydroxyl groups is 1. The maximum absolute atomic E-state index is 14.0. The molecular weight excluding hydrogens is 763 g/mol. The number of rotatable bonds is 12. The predicted molar refractivity (Wildman–Crippen MR) is 225 cm³/mol. The van der Waals surface area contributed by atoms with Crippen molar-refractivity contribution in [3.8, 4) is 22.5 Å². The van der Waals surface area contributed by atoms with Crippen LogP contribution >= 0.6 is 0 Å². The fourth-order valence-corrected chi connectivity index (χ4v) is 10.2. The minimum atomic E-state index is -1.20. The van der Waals surface area contributed by atoms with Gasteiger partial charge in [-0.25, -0.2) is 14.8 Å². The van der Waals surface area contributed by atoms with Gasteiger partial charge < -0.3 is 39.7 Å². The molecular formula is C45H55N9O6. The quantitative estimate of drug-likeness (QED) is 0.0872. The lowest BCUT2D eigenvalue weighted by molar-refractivity contribution is -0.145. The van der Waals surface area contributed by atoms with E-state index in [2.05, 4.69) is 50.9 Å². The van der Waals surface area contributed by atoms with E-state index in [4.69, 9.17) is 24.4 Å². The van der Waals surface area contributed by atoms with Gasteiger partial charge in [0.1, 0.15) is 17.7 Å². The highest BCUT2D eigenvalue weighted by Gasteiger charge is 2.42. The Bertz CT molecular complexity index is 2350. The standard InChI is InChI=1S/C45H55N9O6/c1-59-44(57)51-38(26-9-3-4-10-26)42(55)53-19-7-13-36(53)40-47-25-35(50-40)29-16-15-28-22-33(46-24-31(28)21-29)30-17-18-32-34(23-30)49-41(48-32)37-14-8-20-54(37)43(56)39(52-45(58)60-2)27-11-5-6-12-27/h15-18,21-27,36-39,45,52,58H,3-14,19-20H2,1-2H3,(H,47,50)(H,48,49)(H,51,57).